The maximum Gasteiger partial charge on any atom is 0.129 e. The predicted octanol–water partition coefficient (Wildman–Crippen LogP) is 1.15. The van der Waals surface area contributed by atoms with E-state index in [0.717, 1.165) is 31.2 Å². The molecule has 0 radical (unpaired) electrons. The number of hydrogen-bond acceptors (Lipinski definition) is 4. The van der Waals surface area contributed by atoms with Crippen molar-refractivity contribution in [3.63, 3.8) is 0 Å². The highest BCUT2D eigenvalue weighted by atomic mass is 15.1. The largest absolute Gasteiger partial charge is 0.370 e. The monoisotopic (exact) mass is 194 g/mol. The van der Waals surface area contributed by atoms with E-state index in [1.807, 2.05) is 13.0 Å². The Morgan fingerprint density at radius 2 is 2.21 bits per heavy atom. The van der Waals surface area contributed by atoms with Crippen LogP contribution in [0, 0.1) is 6.92 Å². The molecule has 1 aromatic heterocycles. The highest BCUT2D eigenvalue weighted by Crippen LogP contribution is 2.00. The first-order valence-electron chi connectivity index (χ1n) is 4.87. The van der Waals surface area contributed by atoms with Crippen molar-refractivity contribution >= 4 is 5.82 Å². The second-order valence-electron chi connectivity index (χ2n) is 3.57. The molecule has 1 N–H and O–H groups in total. The molecule has 0 amide bonds. The molecule has 0 aliphatic carbocycles. The molecule has 4 heteroatoms. The second-order valence-corrected chi connectivity index (χ2v) is 3.57. The van der Waals surface area contributed by atoms with Crippen molar-refractivity contribution in [3.05, 3.63) is 18.1 Å². The maximum atomic E-state index is 4.25. The summed E-state index contributed by atoms with van der Waals surface area (Å²) in [6.07, 6.45) is 2.90. The summed E-state index contributed by atoms with van der Waals surface area (Å²) in [6, 6.07) is 1.89. The zero-order chi connectivity index (χ0) is 10.4. The van der Waals surface area contributed by atoms with Crippen molar-refractivity contribution in [2.24, 2.45) is 0 Å². The number of aromatic nitrogens is 2. The molecule has 0 spiro atoms. The molecular weight excluding hydrogens is 176 g/mol. The quantitative estimate of drug-likeness (QED) is 0.714. The van der Waals surface area contributed by atoms with Crippen LogP contribution in [0.2, 0.25) is 0 Å². The lowest BCUT2D eigenvalue weighted by Gasteiger charge is -2.10. The fourth-order valence-corrected chi connectivity index (χ4v) is 1.17. The third-order valence-corrected chi connectivity index (χ3v) is 1.86. The topological polar surface area (TPSA) is 41.1 Å². The zero-order valence-electron chi connectivity index (χ0n) is 9.12. The summed E-state index contributed by atoms with van der Waals surface area (Å²) >= 11 is 0. The summed E-state index contributed by atoms with van der Waals surface area (Å²) in [5, 5.41) is 3.26. The number of anilines is 1. The summed E-state index contributed by atoms with van der Waals surface area (Å²) in [5.74, 6) is 1.72. The molecule has 0 atom stereocenters. The van der Waals surface area contributed by atoms with Gasteiger partial charge in [-0.1, -0.05) is 0 Å². The van der Waals surface area contributed by atoms with Gasteiger partial charge >= 0.3 is 0 Å². The van der Waals surface area contributed by atoms with Gasteiger partial charge in [-0.25, -0.2) is 9.97 Å². The molecule has 0 aliphatic heterocycles. The van der Waals surface area contributed by atoms with E-state index in [4.69, 9.17) is 0 Å². The van der Waals surface area contributed by atoms with Crippen molar-refractivity contribution in [3.8, 4) is 0 Å². The van der Waals surface area contributed by atoms with Crippen LogP contribution in [0.4, 0.5) is 5.82 Å². The van der Waals surface area contributed by atoms with Crippen LogP contribution in [-0.4, -0.2) is 42.1 Å². The Morgan fingerprint density at radius 1 is 1.43 bits per heavy atom. The molecule has 0 saturated carbocycles. The zero-order valence-corrected chi connectivity index (χ0v) is 9.12. The molecular formula is C10H18N4. The van der Waals surface area contributed by atoms with Gasteiger partial charge in [0.25, 0.3) is 0 Å². The van der Waals surface area contributed by atoms with Crippen molar-refractivity contribution in [1.82, 2.24) is 14.9 Å². The molecule has 4 nitrogen and oxygen atoms in total. The number of nitrogens with one attached hydrogen (secondary N) is 1. The summed E-state index contributed by atoms with van der Waals surface area (Å²) in [6.45, 7) is 3.94. The van der Waals surface area contributed by atoms with Gasteiger partial charge in [0.05, 0.1) is 0 Å². The molecule has 78 valence electrons. The van der Waals surface area contributed by atoms with Crippen molar-refractivity contribution in [1.29, 1.82) is 0 Å². The highest BCUT2D eigenvalue weighted by Gasteiger charge is 1.94. The standard InChI is InChI=1S/C10H18N4/c1-9-11-7-5-10(13-9)12-6-4-8-14(2)3/h5,7H,4,6,8H2,1-3H3,(H,11,12,13). The minimum atomic E-state index is 0.808. The van der Waals surface area contributed by atoms with Crippen LogP contribution in [-0.2, 0) is 0 Å². The van der Waals surface area contributed by atoms with Crippen LogP contribution < -0.4 is 5.32 Å². The lowest BCUT2D eigenvalue weighted by Crippen LogP contribution is -2.16. The molecule has 1 heterocycles. The smallest absolute Gasteiger partial charge is 0.129 e. The van der Waals surface area contributed by atoms with E-state index in [1.54, 1.807) is 6.20 Å². The Kier molecular flexibility index (Phi) is 4.32. The SMILES string of the molecule is Cc1nccc(NCCCN(C)C)n1. The molecule has 1 rings (SSSR count). The highest BCUT2D eigenvalue weighted by molar-refractivity contribution is 5.32. The van der Waals surface area contributed by atoms with Crippen LogP contribution in [0.3, 0.4) is 0 Å². The average Bonchev–Trinajstić information content (AvgIpc) is 2.12. The molecule has 0 aromatic carbocycles. The fraction of sp³-hybridized carbons (Fsp3) is 0.600. The van der Waals surface area contributed by atoms with E-state index >= 15 is 0 Å². The van der Waals surface area contributed by atoms with Gasteiger partial charge in [-0.2, -0.15) is 0 Å². The molecule has 0 aliphatic rings. The van der Waals surface area contributed by atoms with Gasteiger partial charge in [-0.05, 0) is 40.1 Å². The summed E-state index contributed by atoms with van der Waals surface area (Å²) in [5.41, 5.74) is 0. The van der Waals surface area contributed by atoms with Crippen molar-refractivity contribution in [2.45, 2.75) is 13.3 Å². The van der Waals surface area contributed by atoms with Gasteiger partial charge < -0.3 is 10.2 Å². The van der Waals surface area contributed by atoms with Gasteiger partial charge in [0.2, 0.25) is 0 Å². The third kappa shape index (κ3) is 4.18. The molecule has 1 aromatic rings. The first kappa shape index (κ1) is 10.9. The molecule has 14 heavy (non-hydrogen) atoms. The Balaban J connectivity index is 2.25. The first-order valence-corrected chi connectivity index (χ1v) is 4.87. The van der Waals surface area contributed by atoms with Gasteiger partial charge in [0, 0.05) is 12.7 Å². The minimum Gasteiger partial charge on any atom is -0.370 e. The van der Waals surface area contributed by atoms with E-state index in [0.29, 0.717) is 0 Å². The van der Waals surface area contributed by atoms with E-state index in [-0.39, 0.29) is 0 Å². The minimum absolute atomic E-state index is 0.808. The lowest BCUT2D eigenvalue weighted by molar-refractivity contribution is 0.405. The number of nitrogens with zero attached hydrogens (tertiary/aromatic N) is 3. The van der Waals surface area contributed by atoms with Crippen LogP contribution in [0.1, 0.15) is 12.2 Å². The van der Waals surface area contributed by atoms with E-state index < -0.39 is 0 Å². The van der Waals surface area contributed by atoms with Crippen molar-refractivity contribution < 1.29 is 0 Å². The molecule has 0 saturated heterocycles. The van der Waals surface area contributed by atoms with E-state index in [9.17, 15) is 0 Å². The van der Waals surface area contributed by atoms with Crippen LogP contribution >= 0.6 is 0 Å². The Labute approximate surface area is 85.4 Å². The predicted molar refractivity (Wildman–Crippen MR) is 58.4 cm³/mol. The Morgan fingerprint density at radius 3 is 2.86 bits per heavy atom. The maximum absolute atomic E-state index is 4.25. The number of aryl methyl sites for hydroxylation is 1. The van der Waals surface area contributed by atoms with E-state index in [2.05, 4.69) is 34.3 Å². The van der Waals surface area contributed by atoms with Crippen molar-refractivity contribution in [2.75, 3.05) is 32.5 Å². The Hall–Kier alpha value is -1.16. The van der Waals surface area contributed by atoms with Crippen LogP contribution in [0.5, 0.6) is 0 Å². The van der Waals surface area contributed by atoms with E-state index in [1.165, 1.54) is 0 Å². The summed E-state index contributed by atoms with van der Waals surface area (Å²) < 4.78 is 0. The van der Waals surface area contributed by atoms with Crippen LogP contribution in [0.15, 0.2) is 12.3 Å². The summed E-state index contributed by atoms with van der Waals surface area (Å²) in [7, 11) is 4.16. The average molecular weight is 194 g/mol. The van der Waals surface area contributed by atoms with Gasteiger partial charge in [-0.3, -0.25) is 0 Å². The fourth-order valence-electron chi connectivity index (χ4n) is 1.17. The normalized spacial score (nSPS) is 10.6. The number of rotatable bonds is 5. The molecule has 0 bridgehead atoms. The van der Waals surface area contributed by atoms with Crippen LogP contribution in [0.25, 0.3) is 0 Å². The Bertz CT molecular complexity index is 273. The molecule has 0 unspecified atom stereocenters. The lowest BCUT2D eigenvalue weighted by atomic mass is 10.4. The number of hydrogen-bond donors (Lipinski definition) is 1. The van der Waals surface area contributed by atoms with Gasteiger partial charge in [0.15, 0.2) is 0 Å². The van der Waals surface area contributed by atoms with Gasteiger partial charge in [0.1, 0.15) is 11.6 Å². The first-order chi connectivity index (χ1) is 6.68. The third-order valence-electron chi connectivity index (χ3n) is 1.86. The molecule has 0 fully saturated rings. The second kappa shape index (κ2) is 5.54. The van der Waals surface area contributed by atoms with Gasteiger partial charge in [-0.15, -0.1) is 0 Å². The summed E-state index contributed by atoms with van der Waals surface area (Å²) in [4.78, 5) is 10.5.